The Labute approximate surface area is 194 Å². The van der Waals surface area contributed by atoms with E-state index in [1.807, 2.05) is 0 Å². The summed E-state index contributed by atoms with van der Waals surface area (Å²) < 4.78 is 40.7. The molecule has 0 spiro atoms. The third-order valence-electron chi connectivity index (χ3n) is 4.80. The number of anilines is 1. The van der Waals surface area contributed by atoms with Crippen LogP contribution in [0.1, 0.15) is 11.3 Å². The molecule has 11 heteroatoms. The average Bonchev–Trinajstić information content (AvgIpc) is 3.22. The Morgan fingerprint density at radius 3 is 2.39 bits per heavy atom. The maximum atomic E-state index is 13.1. The molecule has 4 rings (SSSR count). The van der Waals surface area contributed by atoms with Crippen molar-refractivity contribution in [2.75, 3.05) is 4.90 Å². The van der Waals surface area contributed by atoms with Gasteiger partial charge in [-0.05, 0) is 48.5 Å². The standard InChI is InChI=1S/C22H12Cl2F3N3O3/c23-16-7-2-8-17(18(16)24)30-20(32)15(19(31)28-21(30)33)11-14-6-3-9-29(14)13-5-1-4-12(10-13)22(25,26)27/h1-11H,(H,28,31,33)/b15-11+. The molecular formula is C22H12Cl2F3N3O3. The number of benzene rings is 2. The van der Waals surface area contributed by atoms with Crippen LogP contribution >= 0.6 is 23.2 Å². The second-order valence-electron chi connectivity index (χ2n) is 6.88. The fraction of sp³-hybridized carbons (Fsp3) is 0.0455. The lowest BCUT2D eigenvalue weighted by Gasteiger charge is -2.27. The molecule has 1 aliphatic heterocycles. The predicted octanol–water partition coefficient (Wildman–Crippen LogP) is 5.47. The Balaban J connectivity index is 1.77. The molecule has 3 aromatic rings. The van der Waals surface area contributed by atoms with E-state index in [2.05, 4.69) is 5.32 Å². The highest BCUT2D eigenvalue weighted by Crippen LogP contribution is 2.35. The largest absolute Gasteiger partial charge is 0.416 e. The molecule has 1 saturated heterocycles. The maximum absolute atomic E-state index is 13.1. The van der Waals surface area contributed by atoms with Gasteiger partial charge in [0.1, 0.15) is 5.57 Å². The highest BCUT2D eigenvalue weighted by Gasteiger charge is 2.38. The van der Waals surface area contributed by atoms with Crippen LogP contribution in [0, 0.1) is 0 Å². The minimum atomic E-state index is -4.54. The molecule has 1 fully saturated rings. The number of alkyl halides is 3. The van der Waals surface area contributed by atoms with Gasteiger partial charge < -0.3 is 4.57 Å². The predicted molar refractivity (Wildman–Crippen MR) is 116 cm³/mol. The Morgan fingerprint density at radius 1 is 0.939 bits per heavy atom. The minimum absolute atomic E-state index is 0.0293. The van der Waals surface area contributed by atoms with Crippen LogP contribution in [0.25, 0.3) is 11.8 Å². The number of barbiturate groups is 1. The van der Waals surface area contributed by atoms with E-state index in [0.29, 0.717) is 4.90 Å². The molecule has 0 saturated carbocycles. The number of amides is 4. The summed E-state index contributed by atoms with van der Waals surface area (Å²) in [7, 11) is 0. The summed E-state index contributed by atoms with van der Waals surface area (Å²) in [6.45, 7) is 0. The molecule has 0 aliphatic carbocycles. The van der Waals surface area contributed by atoms with Crippen molar-refractivity contribution >= 4 is 52.8 Å². The van der Waals surface area contributed by atoms with Crippen LogP contribution in [0.2, 0.25) is 10.0 Å². The maximum Gasteiger partial charge on any atom is 0.416 e. The third-order valence-corrected chi connectivity index (χ3v) is 5.61. The number of hydrogen-bond donors (Lipinski definition) is 1. The monoisotopic (exact) mass is 493 g/mol. The molecule has 1 aromatic heterocycles. The summed E-state index contributed by atoms with van der Waals surface area (Å²) in [5.41, 5.74) is -0.905. The zero-order chi connectivity index (χ0) is 23.9. The average molecular weight is 494 g/mol. The highest BCUT2D eigenvalue weighted by molar-refractivity contribution is 6.46. The number of nitrogens with one attached hydrogen (secondary N) is 1. The molecule has 168 valence electrons. The van der Waals surface area contributed by atoms with Crippen molar-refractivity contribution in [2.45, 2.75) is 6.18 Å². The molecule has 0 unspecified atom stereocenters. The van der Waals surface area contributed by atoms with Crippen LogP contribution in [-0.2, 0) is 15.8 Å². The summed E-state index contributed by atoms with van der Waals surface area (Å²) >= 11 is 12.1. The fourth-order valence-electron chi connectivity index (χ4n) is 3.27. The van der Waals surface area contributed by atoms with Crippen LogP contribution < -0.4 is 10.2 Å². The summed E-state index contributed by atoms with van der Waals surface area (Å²) in [4.78, 5) is 38.6. The molecule has 0 bridgehead atoms. The second kappa shape index (κ2) is 8.42. The first-order valence-corrected chi connectivity index (χ1v) is 10.0. The summed E-state index contributed by atoms with van der Waals surface area (Å²) in [5.74, 6) is -1.93. The molecule has 4 amide bonds. The summed E-state index contributed by atoms with van der Waals surface area (Å²) in [6.07, 6.45) is -1.89. The van der Waals surface area contributed by atoms with Crippen LogP contribution in [0.4, 0.5) is 23.7 Å². The van der Waals surface area contributed by atoms with Crippen LogP contribution in [0.15, 0.2) is 66.4 Å². The van der Waals surface area contributed by atoms with Gasteiger partial charge in [-0.15, -0.1) is 0 Å². The molecule has 6 nitrogen and oxygen atoms in total. The van der Waals surface area contributed by atoms with Gasteiger partial charge in [0.05, 0.1) is 21.3 Å². The van der Waals surface area contributed by atoms with Crippen molar-refractivity contribution in [3.63, 3.8) is 0 Å². The summed E-state index contributed by atoms with van der Waals surface area (Å²) in [6, 6.07) is 10.9. The van der Waals surface area contributed by atoms with Gasteiger partial charge in [0.15, 0.2) is 0 Å². The Morgan fingerprint density at radius 2 is 1.67 bits per heavy atom. The molecule has 0 radical (unpaired) electrons. The zero-order valence-electron chi connectivity index (χ0n) is 16.4. The van der Waals surface area contributed by atoms with Crippen LogP contribution in [-0.4, -0.2) is 22.4 Å². The Kier molecular flexibility index (Phi) is 5.77. The van der Waals surface area contributed by atoms with Crippen molar-refractivity contribution in [3.8, 4) is 5.69 Å². The number of urea groups is 1. The quantitative estimate of drug-likeness (QED) is 0.388. The molecule has 1 N–H and O–H groups in total. The zero-order valence-corrected chi connectivity index (χ0v) is 17.9. The van der Waals surface area contributed by atoms with Gasteiger partial charge in [0.2, 0.25) is 0 Å². The highest BCUT2D eigenvalue weighted by atomic mass is 35.5. The first-order valence-electron chi connectivity index (χ1n) is 9.28. The first-order chi connectivity index (χ1) is 15.6. The molecule has 1 aliphatic rings. The van der Waals surface area contributed by atoms with E-state index in [4.69, 9.17) is 23.2 Å². The number of hydrogen-bond acceptors (Lipinski definition) is 3. The number of rotatable bonds is 3. The lowest BCUT2D eigenvalue weighted by Crippen LogP contribution is -2.54. The molecular weight excluding hydrogens is 482 g/mol. The lowest BCUT2D eigenvalue weighted by molar-refractivity contribution is -0.137. The SMILES string of the molecule is O=C1NC(=O)N(c2cccc(Cl)c2Cl)C(=O)/C1=C/c1cccn1-c1cccc(C(F)(F)F)c1. The number of aromatic nitrogens is 1. The second-order valence-corrected chi connectivity index (χ2v) is 7.67. The van der Waals surface area contributed by atoms with Gasteiger partial charge in [-0.25, -0.2) is 9.69 Å². The smallest absolute Gasteiger partial charge is 0.317 e. The minimum Gasteiger partial charge on any atom is -0.317 e. The molecule has 2 aromatic carbocycles. The number of imide groups is 2. The van der Waals surface area contributed by atoms with Crippen molar-refractivity contribution in [1.29, 1.82) is 0 Å². The molecule has 0 atom stereocenters. The van der Waals surface area contributed by atoms with E-state index in [-0.39, 0.29) is 27.1 Å². The van der Waals surface area contributed by atoms with Crippen molar-refractivity contribution < 1.29 is 27.6 Å². The normalized spacial score (nSPS) is 15.8. The van der Waals surface area contributed by atoms with E-state index >= 15 is 0 Å². The lowest BCUT2D eigenvalue weighted by atomic mass is 10.1. The number of carbonyl (C=O) groups excluding carboxylic acids is 3. The van der Waals surface area contributed by atoms with E-state index < -0.39 is 35.2 Å². The molecule has 2 heterocycles. The third kappa shape index (κ3) is 4.24. The Hall–Kier alpha value is -3.56. The van der Waals surface area contributed by atoms with E-state index in [0.717, 1.165) is 12.1 Å². The van der Waals surface area contributed by atoms with Crippen molar-refractivity contribution in [2.24, 2.45) is 0 Å². The van der Waals surface area contributed by atoms with Gasteiger partial charge in [-0.1, -0.05) is 35.3 Å². The fourth-order valence-corrected chi connectivity index (χ4v) is 3.65. The van der Waals surface area contributed by atoms with Crippen LogP contribution in [0.3, 0.4) is 0 Å². The van der Waals surface area contributed by atoms with E-state index in [9.17, 15) is 27.6 Å². The van der Waals surface area contributed by atoms with Gasteiger partial charge >= 0.3 is 12.2 Å². The number of carbonyl (C=O) groups is 3. The van der Waals surface area contributed by atoms with Crippen molar-refractivity contribution in [3.05, 3.63) is 87.7 Å². The first kappa shape index (κ1) is 22.6. The molecule has 33 heavy (non-hydrogen) atoms. The summed E-state index contributed by atoms with van der Waals surface area (Å²) in [5, 5.41) is 2.08. The number of halogens is 5. The van der Waals surface area contributed by atoms with Gasteiger partial charge in [-0.3, -0.25) is 14.9 Å². The van der Waals surface area contributed by atoms with Crippen LogP contribution in [0.5, 0.6) is 0 Å². The van der Waals surface area contributed by atoms with Gasteiger partial charge in [0, 0.05) is 17.6 Å². The topological polar surface area (TPSA) is 71.4 Å². The van der Waals surface area contributed by atoms with Crippen molar-refractivity contribution in [1.82, 2.24) is 9.88 Å². The van der Waals surface area contributed by atoms with Gasteiger partial charge in [-0.2, -0.15) is 13.2 Å². The Bertz CT molecular complexity index is 1330. The van der Waals surface area contributed by atoms with E-state index in [1.165, 1.54) is 59.3 Å². The van der Waals surface area contributed by atoms with Gasteiger partial charge in [0.25, 0.3) is 11.8 Å². The number of nitrogens with zero attached hydrogens (tertiary/aromatic N) is 2. The van der Waals surface area contributed by atoms with E-state index in [1.54, 1.807) is 0 Å².